The van der Waals surface area contributed by atoms with Crippen molar-refractivity contribution >= 4 is 0 Å². The third-order valence-corrected chi connectivity index (χ3v) is 2.49. The van der Waals surface area contributed by atoms with Gasteiger partial charge in [-0.3, -0.25) is 0 Å². The van der Waals surface area contributed by atoms with E-state index in [2.05, 4.69) is 38.1 Å². The van der Waals surface area contributed by atoms with E-state index in [0.717, 1.165) is 0 Å². The fraction of sp³-hybridized carbons (Fsp3) is 0.400. The van der Waals surface area contributed by atoms with E-state index in [1.807, 2.05) is 6.07 Å². The van der Waals surface area contributed by atoms with Crippen LogP contribution in [0, 0.1) is 0 Å². The molecule has 1 nitrogen and oxygen atoms in total. The van der Waals surface area contributed by atoms with Crippen molar-refractivity contribution in [2.24, 2.45) is 0 Å². The zero-order chi connectivity index (χ0) is 7.90. The molecule has 0 unspecified atom stereocenters. The van der Waals surface area contributed by atoms with Crippen molar-refractivity contribution in [2.45, 2.75) is 25.6 Å². The molecule has 0 spiro atoms. The van der Waals surface area contributed by atoms with Crippen LogP contribution in [0.3, 0.4) is 0 Å². The van der Waals surface area contributed by atoms with Crippen molar-refractivity contribution in [3.63, 3.8) is 0 Å². The summed E-state index contributed by atoms with van der Waals surface area (Å²) in [5.41, 5.74) is 1.29. The average molecular weight is 148 g/mol. The Morgan fingerprint density at radius 2 is 1.82 bits per heavy atom. The van der Waals surface area contributed by atoms with E-state index in [9.17, 15) is 0 Å². The maximum atomic E-state index is 5.49. The van der Waals surface area contributed by atoms with Gasteiger partial charge in [0.15, 0.2) is 0 Å². The Labute approximate surface area is 67.0 Å². The van der Waals surface area contributed by atoms with E-state index in [4.69, 9.17) is 4.74 Å². The molecule has 1 aromatic carbocycles. The molecule has 1 aliphatic rings. The van der Waals surface area contributed by atoms with Gasteiger partial charge in [0.2, 0.25) is 0 Å². The molecule has 1 aromatic rings. The van der Waals surface area contributed by atoms with Crippen LogP contribution in [0.15, 0.2) is 30.3 Å². The third-order valence-electron chi connectivity index (χ3n) is 2.49. The molecule has 0 aliphatic carbocycles. The van der Waals surface area contributed by atoms with E-state index in [1.165, 1.54) is 5.56 Å². The summed E-state index contributed by atoms with van der Waals surface area (Å²) in [4.78, 5) is 0. The maximum Gasteiger partial charge on any atom is 0.117 e. The smallest absolute Gasteiger partial charge is 0.117 e. The number of hydrogen-bond acceptors (Lipinski definition) is 1. The first-order chi connectivity index (χ1) is 5.23. The van der Waals surface area contributed by atoms with E-state index >= 15 is 0 Å². The molecular weight excluding hydrogens is 136 g/mol. The Kier molecular flexibility index (Phi) is 1.30. The SMILES string of the molecule is C[C@H]1O[C@@]1(C)c1ccccc1. The van der Waals surface area contributed by atoms with Crippen molar-refractivity contribution in [1.82, 2.24) is 0 Å². The molecule has 2 atom stereocenters. The fourth-order valence-corrected chi connectivity index (χ4v) is 1.41. The summed E-state index contributed by atoms with van der Waals surface area (Å²) < 4.78 is 5.49. The van der Waals surface area contributed by atoms with Crippen LogP contribution in [0.2, 0.25) is 0 Å². The summed E-state index contributed by atoms with van der Waals surface area (Å²) >= 11 is 0. The molecule has 58 valence electrons. The minimum Gasteiger partial charge on any atom is -0.362 e. The van der Waals surface area contributed by atoms with Gasteiger partial charge in [-0.2, -0.15) is 0 Å². The molecule has 11 heavy (non-hydrogen) atoms. The van der Waals surface area contributed by atoms with Gasteiger partial charge in [0.05, 0.1) is 6.10 Å². The molecular formula is C10H12O. The van der Waals surface area contributed by atoms with Gasteiger partial charge in [-0.05, 0) is 19.4 Å². The Morgan fingerprint density at radius 1 is 1.27 bits per heavy atom. The molecule has 1 heterocycles. The van der Waals surface area contributed by atoms with Crippen LogP contribution in [0.1, 0.15) is 19.4 Å². The van der Waals surface area contributed by atoms with Crippen molar-refractivity contribution in [3.05, 3.63) is 35.9 Å². The lowest BCUT2D eigenvalue weighted by molar-refractivity contribution is 0.316. The van der Waals surface area contributed by atoms with Crippen LogP contribution in [0.4, 0.5) is 0 Å². The Hall–Kier alpha value is -0.820. The van der Waals surface area contributed by atoms with E-state index in [-0.39, 0.29) is 5.60 Å². The molecule has 1 aliphatic heterocycles. The Morgan fingerprint density at radius 3 is 2.27 bits per heavy atom. The monoisotopic (exact) mass is 148 g/mol. The predicted molar refractivity (Wildman–Crippen MR) is 44.3 cm³/mol. The first-order valence-electron chi connectivity index (χ1n) is 3.97. The molecule has 0 aromatic heterocycles. The first kappa shape index (κ1) is 6.86. The average Bonchev–Trinajstić information content (AvgIpc) is 2.64. The van der Waals surface area contributed by atoms with Crippen LogP contribution >= 0.6 is 0 Å². The topological polar surface area (TPSA) is 12.5 Å². The lowest BCUT2D eigenvalue weighted by Crippen LogP contribution is -2.04. The summed E-state index contributed by atoms with van der Waals surface area (Å²) in [5.74, 6) is 0. The van der Waals surface area contributed by atoms with E-state index < -0.39 is 0 Å². The van der Waals surface area contributed by atoms with Gasteiger partial charge < -0.3 is 4.74 Å². The molecule has 0 radical (unpaired) electrons. The van der Waals surface area contributed by atoms with Crippen molar-refractivity contribution in [2.75, 3.05) is 0 Å². The molecule has 0 N–H and O–H groups in total. The molecule has 0 amide bonds. The number of epoxide rings is 1. The molecule has 0 saturated carbocycles. The zero-order valence-corrected chi connectivity index (χ0v) is 6.87. The van der Waals surface area contributed by atoms with Gasteiger partial charge in [0.1, 0.15) is 5.60 Å². The molecule has 2 rings (SSSR count). The second kappa shape index (κ2) is 2.08. The van der Waals surface area contributed by atoms with Crippen LogP contribution in [-0.2, 0) is 10.3 Å². The minimum atomic E-state index is 0.00125. The van der Waals surface area contributed by atoms with Crippen molar-refractivity contribution in [3.8, 4) is 0 Å². The molecule has 1 heteroatoms. The van der Waals surface area contributed by atoms with Gasteiger partial charge in [-0.15, -0.1) is 0 Å². The first-order valence-corrected chi connectivity index (χ1v) is 3.97. The summed E-state index contributed by atoms with van der Waals surface area (Å²) in [6.45, 7) is 4.24. The highest BCUT2D eigenvalue weighted by atomic mass is 16.6. The standard InChI is InChI=1S/C10H12O/c1-8-10(2,11-8)9-6-4-3-5-7-9/h3-8H,1-2H3/t8-,10-/m1/s1. The summed E-state index contributed by atoms with van der Waals surface area (Å²) in [7, 11) is 0. The number of benzene rings is 1. The number of rotatable bonds is 1. The number of hydrogen-bond donors (Lipinski definition) is 0. The van der Waals surface area contributed by atoms with Crippen LogP contribution in [0.25, 0.3) is 0 Å². The normalized spacial score (nSPS) is 35.3. The number of ether oxygens (including phenoxy) is 1. The van der Waals surface area contributed by atoms with Gasteiger partial charge in [-0.25, -0.2) is 0 Å². The third kappa shape index (κ3) is 0.962. The highest BCUT2D eigenvalue weighted by Gasteiger charge is 2.49. The molecule has 1 saturated heterocycles. The lowest BCUT2D eigenvalue weighted by atomic mass is 9.98. The van der Waals surface area contributed by atoms with E-state index in [1.54, 1.807) is 0 Å². The van der Waals surface area contributed by atoms with Gasteiger partial charge >= 0.3 is 0 Å². The van der Waals surface area contributed by atoms with Crippen LogP contribution in [0.5, 0.6) is 0 Å². The quantitative estimate of drug-likeness (QED) is 0.557. The van der Waals surface area contributed by atoms with Crippen molar-refractivity contribution in [1.29, 1.82) is 0 Å². The Bertz CT molecular complexity index is 255. The second-order valence-electron chi connectivity index (χ2n) is 3.23. The maximum absolute atomic E-state index is 5.49. The Balaban J connectivity index is 2.32. The predicted octanol–water partition coefficient (Wildman–Crippen LogP) is 2.32. The van der Waals surface area contributed by atoms with Crippen LogP contribution in [-0.4, -0.2) is 6.10 Å². The fourth-order valence-electron chi connectivity index (χ4n) is 1.41. The minimum absolute atomic E-state index is 0.00125. The molecule has 1 fully saturated rings. The van der Waals surface area contributed by atoms with Crippen LogP contribution < -0.4 is 0 Å². The summed E-state index contributed by atoms with van der Waals surface area (Å²) in [6, 6.07) is 10.4. The van der Waals surface area contributed by atoms with E-state index in [0.29, 0.717) is 6.10 Å². The molecule has 0 bridgehead atoms. The lowest BCUT2D eigenvalue weighted by Gasteiger charge is -2.03. The summed E-state index contributed by atoms with van der Waals surface area (Å²) in [5, 5.41) is 0. The van der Waals surface area contributed by atoms with Gasteiger partial charge in [0, 0.05) is 0 Å². The second-order valence-corrected chi connectivity index (χ2v) is 3.23. The van der Waals surface area contributed by atoms with Gasteiger partial charge in [-0.1, -0.05) is 30.3 Å². The van der Waals surface area contributed by atoms with Gasteiger partial charge in [0.25, 0.3) is 0 Å². The highest BCUT2D eigenvalue weighted by molar-refractivity contribution is 5.27. The highest BCUT2D eigenvalue weighted by Crippen LogP contribution is 2.45. The summed E-state index contributed by atoms with van der Waals surface area (Å²) in [6.07, 6.45) is 0.380. The zero-order valence-electron chi connectivity index (χ0n) is 6.87. The largest absolute Gasteiger partial charge is 0.362 e. The van der Waals surface area contributed by atoms with Crippen molar-refractivity contribution < 1.29 is 4.74 Å².